The van der Waals surface area contributed by atoms with E-state index in [1.807, 2.05) is 0 Å². The molecular weight excluding hydrogens is 517 g/mol. The summed E-state index contributed by atoms with van der Waals surface area (Å²) in [6.07, 6.45) is -1.06. The van der Waals surface area contributed by atoms with Gasteiger partial charge in [0.05, 0.1) is 30.2 Å². The third-order valence-electron chi connectivity index (χ3n) is 6.20. The maximum absolute atomic E-state index is 12.9. The lowest BCUT2D eigenvalue weighted by atomic mass is 9.97. The van der Waals surface area contributed by atoms with Crippen molar-refractivity contribution < 1.29 is 41.8 Å². The molecule has 1 aromatic heterocycles. The molecule has 2 aliphatic rings. The molecule has 8 nitrogen and oxygen atoms in total. The molecule has 39 heavy (non-hydrogen) atoms. The van der Waals surface area contributed by atoms with Crippen LogP contribution in [0.5, 0.6) is 0 Å². The Labute approximate surface area is 224 Å². The zero-order valence-electron chi connectivity index (χ0n) is 22.3. The number of benzene rings is 1. The van der Waals surface area contributed by atoms with Crippen LogP contribution in [0.3, 0.4) is 0 Å². The van der Waals surface area contributed by atoms with Gasteiger partial charge in [-0.25, -0.2) is 14.8 Å². The minimum absolute atomic E-state index is 0.0895. The Hall–Kier alpha value is -3.63. The number of ether oxygens (including phenoxy) is 2. The fraction of sp³-hybridized carbons (Fsp3) is 0.500. The lowest BCUT2D eigenvalue weighted by molar-refractivity contribution is -0.154. The Morgan fingerprint density at radius 1 is 1.00 bits per heavy atom. The monoisotopic (exact) mass is 548 g/mol. The minimum atomic E-state index is -4.44. The molecule has 210 valence electrons. The highest BCUT2D eigenvalue weighted by Gasteiger charge is 2.41. The highest BCUT2D eigenvalue weighted by Crippen LogP contribution is 2.42. The molecule has 0 aliphatic heterocycles. The normalized spacial score (nSPS) is 15.5. The van der Waals surface area contributed by atoms with E-state index in [2.05, 4.69) is 14.7 Å². The van der Waals surface area contributed by atoms with Gasteiger partial charge in [-0.15, -0.1) is 0 Å². The van der Waals surface area contributed by atoms with Crippen molar-refractivity contribution in [2.75, 3.05) is 13.2 Å². The first-order valence-corrected chi connectivity index (χ1v) is 12.8. The number of halogens is 3. The number of esters is 2. The summed E-state index contributed by atoms with van der Waals surface area (Å²) >= 11 is 0. The second-order valence-electron chi connectivity index (χ2n) is 9.44. The van der Waals surface area contributed by atoms with Crippen LogP contribution in [-0.4, -0.2) is 46.7 Å². The molecule has 1 aromatic carbocycles. The van der Waals surface area contributed by atoms with E-state index in [0.29, 0.717) is 17.0 Å². The van der Waals surface area contributed by atoms with Gasteiger partial charge in [-0.2, -0.15) is 13.2 Å². The standard InChI is InChI=1S/C18H17F3N2O2.C10H14O4/c1-3-25-17(24)14-10(2)22-16(23-15(14)11-7-8-11)12-5-4-6-13(9-12)18(19,20)21;1-3-14-10(13)8(6(2)11)9(12)7-4-5-7/h4-6,9,11H,3,7-8H2,1-2H3;7-8H,3-5H2,1-2H3. The predicted octanol–water partition coefficient (Wildman–Crippen LogP) is 5.26. The molecule has 1 atom stereocenters. The van der Waals surface area contributed by atoms with Gasteiger partial charge in [0.15, 0.2) is 23.3 Å². The van der Waals surface area contributed by atoms with Crippen molar-refractivity contribution in [3.63, 3.8) is 0 Å². The Balaban J connectivity index is 0.000000255. The Morgan fingerprint density at radius 3 is 2.15 bits per heavy atom. The van der Waals surface area contributed by atoms with Crippen LogP contribution in [0, 0.1) is 18.8 Å². The molecular formula is C28H31F3N2O6. The molecule has 0 N–H and O–H groups in total. The Kier molecular flexibility index (Phi) is 9.58. The fourth-order valence-corrected chi connectivity index (χ4v) is 3.98. The summed E-state index contributed by atoms with van der Waals surface area (Å²) in [5, 5.41) is 0. The number of carbonyl (C=O) groups excluding carboxylic acids is 4. The molecule has 2 aliphatic carbocycles. The molecule has 2 fully saturated rings. The van der Waals surface area contributed by atoms with Crippen LogP contribution in [0.2, 0.25) is 0 Å². The van der Waals surface area contributed by atoms with Gasteiger partial charge in [-0.3, -0.25) is 14.4 Å². The van der Waals surface area contributed by atoms with Crippen LogP contribution in [0.4, 0.5) is 13.2 Å². The Morgan fingerprint density at radius 2 is 1.64 bits per heavy atom. The second-order valence-corrected chi connectivity index (χ2v) is 9.44. The van der Waals surface area contributed by atoms with Gasteiger partial charge in [-0.05, 0) is 65.5 Å². The van der Waals surface area contributed by atoms with Gasteiger partial charge in [0.1, 0.15) is 5.56 Å². The van der Waals surface area contributed by atoms with E-state index in [1.165, 1.54) is 19.1 Å². The van der Waals surface area contributed by atoms with E-state index in [-0.39, 0.29) is 42.2 Å². The number of hydrogen-bond acceptors (Lipinski definition) is 8. The number of aromatic nitrogens is 2. The number of aryl methyl sites for hydroxylation is 1. The van der Waals surface area contributed by atoms with Gasteiger partial charge in [-0.1, -0.05) is 12.1 Å². The molecule has 4 rings (SSSR count). The van der Waals surface area contributed by atoms with Crippen molar-refractivity contribution in [1.82, 2.24) is 9.97 Å². The molecule has 0 saturated heterocycles. The van der Waals surface area contributed by atoms with Crippen LogP contribution in [0.25, 0.3) is 11.4 Å². The third kappa shape index (κ3) is 7.70. The Bertz CT molecular complexity index is 1250. The van der Waals surface area contributed by atoms with Crippen LogP contribution in [0.1, 0.15) is 79.7 Å². The first-order chi connectivity index (χ1) is 18.4. The van der Waals surface area contributed by atoms with E-state index in [0.717, 1.165) is 37.8 Å². The van der Waals surface area contributed by atoms with Gasteiger partial charge in [0, 0.05) is 17.4 Å². The van der Waals surface area contributed by atoms with Crippen molar-refractivity contribution in [2.45, 2.75) is 65.5 Å². The molecule has 11 heteroatoms. The summed E-state index contributed by atoms with van der Waals surface area (Å²) in [6.45, 7) is 6.69. The second kappa shape index (κ2) is 12.5. The van der Waals surface area contributed by atoms with Crippen molar-refractivity contribution in [2.24, 2.45) is 11.8 Å². The van der Waals surface area contributed by atoms with Gasteiger partial charge in [0.25, 0.3) is 0 Å². The number of hydrogen-bond donors (Lipinski definition) is 0. The maximum atomic E-state index is 12.9. The number of rotatable bonds is 9. The van der Waals surface area contributed by atoms with Crippen LogP contribution in [-0.2, 0) is 30.0 Å². The third-order valence-corrected chi connectivity index (χ3v) is 6.20. The maximum Gasteiger partial charge on any atom is 0.416 e. The smallest absolute Gasteiger partial charge is 0.416 e. The van der Waals surface area contributed by atoms with Crippen LogP contribution in [0.15, 0.2) is 24.3 Å². The molecule has 1 unspecified atom stereocenters. The SMILES string of the molecule is CCOC(=O)C(C(C)=O)C(=O)C1CC1.CCOC(=O)c1c(C)nc(-c2cccc(C(F)(F)F)c2)nc1C1CC1. The molecule has 0 radical (unpaired) electrons. The summed E-state index contributed by atoms with van der Waals surface area (Å²) in [6, 6.07) is 4.89. The first kappa shape index (κ1) is 29.9. The number of nitrogens with zero attached hydrogens (tertiary/aromatic N) is 2. The summed E-state index contributed by atoms with van der Waals surface area (Å²) in [4.78, 5) is 54.8. The van der Waals surface area contributed by atoms with Crippen molar-refractivity contribution in [3.8, 4) is 11.4 Å². The zero-order valence-corrected chi connectivity index (χ0v) is 22.3. The van der Waals surface area contributed by atoms with E-state index in [9.17, 15) is 32.3 Å². The largest absolute Gasteiger partial charge is 0.465 e. The van der Waals surface area contributed by atoms with Crippen molar-refractivity contribution in [3.05, 3.63) is 46.8 Å². The van der Waals surface area contributed by atoms with Crippen molar-refractivity contribution in [1.29, 1.82) is 0 Å². The van der Waals surface area contributed by atoms with E-state index < -0.39 is 35.4 Å². The lowest BCUT2D eigenvalue weighted by Gasteiger charge is -2.13. The topological polar surface area (TPSA) is 113 Å². The number of alkyl halides is 3. The molecule has 0 bridgehead atoms. The van der Waals surface area contributed by atoms with Crippen LogP contribution >= 0.6 is 0 Å². The first-order valence-electron chi connectivity index (χ1n) is 12.8. The average Bonchev–Trinajstić information content (AvgIpc) is 3.76. The summed E-state index contributed by atoms with van der Waals surface area (Å²) < 4.78 is 48.6. The highest BCUT2D eigenvalue weighted by molar-refractivity contribution is 6.17. The minimum Gasteiger partial charge on any atom is -0.465 e. The quantitative estimate of drug-likeness (QED) is 0.308. The van der Waals surface area contributed by atoms with E-state index in [1.54, 1.807) is 20.8 Å². The van der Waals surface area contributed by atoms with Gasteiger partial charge < -0.3 is 9.47 Å². The molecule has 0 spiro atoms. The fourth-order valence-electron chi connectivity index (χ4n) is 3.98. The average molecular weight is 549 g/mol. The molecule has 1 heterocycles. The zero-order chi connectivity index (χ0) is 28.9. The van der Waals surface area contributed by atoms with E-state index in [4.69, 9.17) is 4.74 Å². The van der Waals surface area contributed by atoms with Gasteiger partial charge in [0.2, 0.25) is 0 Å². The summed E-state index contributed by atoms with van der Waals surface area (Å²) in [5.41, 5.74) is 0.838. The molecule has 2 aromatic rings. The van der Waals surface area contributed by atoms with E-state index >= 15 is 0 Å². The number of carbonyl (C=O) groups is 4. The lowest BCUT2D eigenvalue weighted by Crippen LogP contribution is -2.33. The molecule has 2 saturated carbocycles. The van der Waals surface area contributed by atoms with Gasteiger partial charge >= 0.3 is 18.1 Å². The number of ketones is 2. The predicted molar refractivity (Wildman–Crippen MR) is 134 cm³/mol. The highest BCUT2D eigenvalue weighted by atomic mass is 19.4. The van der Waals surface area contributed by atoms with Crippen molar-refractivity contribution >= 4 is 23.5 Å². The van der Waals surface area contributed by atoms with Crippen LogP contribution < -0.4 is 0 Å². The molecule has 0 amide bonds. The summed E-state index contributed by atoms with van der Waals surface area (Å²) in [5.74, 6) is -2.81. The summed E-state index contributed by atoms with van der Waals surface area (Å²) in [7, 11) is 0. The number of Topliss-reactive ketones (excluding diaryl/α,β-unsaturated/α-hetero) is 2.